The van der Waals surface area contributed by atoms with Crippen molar-refractivity contribution in [2.45, 2.75) is 73.8 Å². The van der Waals surface area contributed by atoms with Crippen LogP contribution in [0.5, 0.6) is 0 Å². The molecule has 2 unspecified atom stereocenters. The molecule has 1 N–H and O–H groups in total. The fraction of sp³-hybridized carbons (Fsp3) is 0.774. The van der Waals surface area contributed by atoms with Gasteiger partial charge in [-0.3, -0.25) is 19.3 Å². The highest BCUT2D eigenvalue weighted by Crippen LogP contribution is 2.71. The van der Waals surface area contributed by atoms with Crippen molar-refractivity contribution in [2.75, 3.05) is 65.7 Å². The van der Waals surface area contributed by atoms with Gasteiger partial charge in [0, 0.05) is 50.6 Å². The Hall–Kier alpha value is -1.88. The number of aliphatic hydroxyl groups excluding tert-OH is 1. The van der Waals surface area contributed by atoms with E-state index in [0.29, 0.717) is 52.3 Å². The van der Waals surface area contributed by atoms with E-state index in [0.717, 1.165) is 58.2 Å². The molecule has 230 valence electrons. The maximum absolute atomic E-state index is 14.5. The highest BCUT2D eigenvalue weighted by atomic mass is 32.2. The molecule has 2 amide bonds. The predicted molar refractivity (Wildman–Crippen MR) is 160 cm³/mol. The summed E-state index contributed by atoms with van der Waals surface area (Å²) in [6.45, 7) is 15.4. The number of likely N-dealkylation sites (tertiary alicyclic amines) is 1. The van der Waals surface area contributed by atoms with Crippen molar-refractivity contribution in [1.29, 1.82) is 0 Å². The summed E-state index contributed by atoms with van der Waals surface area (Å²) >= 11 is 1.69. The number of esters is 1. The van der Waals surface area contributed by atoms with Gasteiger partial charge in [-0.1, -0.05) is 12.2 Å². The first-order valence-corrected chi connectivity index (χ1v) is 16.2. The smallest absolute Gasteiger partial charge is 0.311 e. The lowest BCUT2D eigenvalue weighted by atomic mass is 9.66. The van der Waals surface area contributed by atoms with Crippen LogP contribution in [0, 0.1) is 11.8 Å². The molecule has 4 rings (SSSR count). The van der Waals surface area contributed by atoms with Crippen molar-refractivity contribution in [3.63, 3.8) is 0 Å². The number of unbranched alkanes of at least 4 members (excludes halogenated alkanes) is 4. The molecule has 0 aliphatic carbocycles. The highest BCUT2D eigenvalue weighted by Gasteiger charge is 2.77. The minimum atomic E-state index is -0.648. The van der Waals surface area contributed by atoms with E-state index in [9.17, 15) is 19.5 Å². The van der Waals surface area contributed by atoms with Gasteiger partial charge < -0.3 is 24.4 Å². The lowest BCUT2D eigenvalue weighted by Crippen LogP contribution is -2.56. The SMILES string of the molecule is C=CCCCCOC(=O)[C@H]1[C@H]2C(=O)N(CCCCCO)C(C(=O)N(CC=C)CCN3CCOCC3)C23CC[C@]1(C)S3. The molecule has 0 aromatic rings. The number of carbonyl (C=O) groups excluding carboxylic acids is 3. The number of rotatable bonds is 17. The summed E-state index contributed by atoms with van der Waals surface area (Å²) in [6, 6.07) is -0.629. The molecule has 41 heavy (non-hydrogen) atoms. The second-order valence-corrected chi connectivity index (χ2v) is 13.9. The number of amides is 2. The fourth-order valence-electron chi connectivity index (χ4n) is 7.23. The molecule has 0 saturated carbocycles. The first-order chi connectivity index (χ1) is 19.8. The topological polar surface area (TPSA) is 99.6 Å². The molecular formula is C31H49N3O6S. The molecule has 4 heterocycles. The zero-order chi connectivity index (χ0) is 29.5. The van der Waals surface area contributed by atoms with Crippen LogP contribution in [0.1, 0.15) is 58.3 Å². The van der Waals surface area contributed by atoms with E-state index >= 15 is 0 Å². The number of aliphatic hydroxyl groups is 1. The molecule has 0 radical (unpaired) electrons. The molecule has 4 aliphatic heterocycles. The van der Waals surface area contributed by atoms with Crippen LogP contribution in [0.25, 0.3) is 0 Å². The number of allylic oxidation sites excluding steroid dienone is 1. The van der Waals surface area contributed by atoms with E-state index in [1.54, 1.807) is 22.7 Å². The average molecular weight is 592 g/mol. The quantitative estimate of drug-likeness (QED) is 0.157. The Morgan fingerprint density at radius 1 is 1.12 bits per heavy atom. The van der Waals surface area contributed by atoms with E-state index in [4.69, 9.17) is 9.47 Å². The van der Waals surface area contributed by atoms with E-state index in [-0.39, 0.29) is 24.4 Å². The van der Waals surface area contributed by atoms with Gasteiger partial charge in [-0.2, -0.15) is 0 Å². The van der Waals surface area contributed by atoms with E-state index in [1.165, 1.54) is 0 Å². The van der Waals surface area contributed by atoms with E-state index in [1.807, 2.05) is 11.0 Å². The second kappa shape index (κ2) is 14.5. The molecule has 10 heteroatoms. The third kappa shape index (κ3) is 6.71. The summed E-state index contributed by atoms with van der Waals surface area (Å²) in [5.41, 5.74) is 0. The zero-order valence-corrected chi connectivity index (χ0v) is 25.6. The van der Waals surface area contributed by atoms with Gasteiger partial charge in [0.2, 0.25) is 11.8 Å². The number of fused-ring (bicyclic) bond motifs is 1. The van der Waals surface area contributed by atoms with Crippen LogP contribution in [0.2, 0.25) is 0 Å². The van der Waals surface area contributed by atoms with Crippen LogP contribution in [-0.4, -0.2) is 119 Å². The third-order valence-corrected chi connectivity index (χ3v) is 11.3. The van der Waals surface area contributed by atoms with Crippen LogP contribution in [-0.2, 0) is 23.9 Å². The molecule has 4 saturated heterocycles. The average Bonchev–Trinajstić information content (AvgIpc) is 3.54. The predicted octanol–water partition coefficient (Wildman–Crippen LogP) is 2.88. The third-order valence-electron chi connectivity index (χ3n) is 9.32. The molecular weight excluding hydrogens is 542 g/mol. The Bertz CT molecular complexity index is 958. The van der Waals surface area contributed by atoms with E-state index < -0.39 is 27.4 Å². The Labute approximate surface area is 249 Å². The number of morpholine rings is 1. The number of thioether (sulfide) groups is 1. The molecule has 4 aliphatic rings. The fourth-order valence-corrected chi connectivity index (χ4v) is 9.57. The molecule has 0 aromatic carbocycles. The lowest BCUT2D eigenvalue weighted by Gasteiger charge is -2.38. The van der Waals surface area contributed by atoms with Crippen LogP contribution in [0.15, 0.2) is 25.3 Å². The van der Waals surface area contributed by atoms with Gasteiger partial charge in [0.15, 0.2) is 0 Å². The first kappa shape index (κ1) is 32.0. The van der Waals surface area contributed by atoms with Gasteiger partial charge in [0.25, 0.3) is 0 Å². The molecule has 2 bridgehead atoms. The van der Waals surface area contributed by atoms with Crippen LogP contribution >= 0.6 is 11.8 Å². The largest absolute Gasteiger partial charge is 0.465 e. The Morgan fingerprint density at radius 3 is 2.61 bits per heavy atom. The van der Waals surface area contributed by atoms with Crippen molar-refractivity contribution in [3.05, 3.63) is 25.3 Å². The number of hydrogen-bond acceptors (Lipinski definition) is 8. The number of nitrogens with zero attached hydrogens (tertiary/aromatic N) is 3. The van der Waals surface area contributed by atoms with Gasteiger partial charge in [-0.05, 0) is 58.3 Å². The van der Waals surface area contributed by atoms with Crippen molar-refractivity contribution < 1.29 is 29.0 Å². The maximum atomic E-state index is 14.5. The standard InChI is InChI=1S/C31H49N3O6S/c1-4-6-7-11-21-40-29(38)25-24-27(36)34(15-9-8-10-20-35)26(31(24)13-12-30(25,3)41-31)28(37)33(14-5-2)17-16-32-18-22-39-23-19-32/h4-5,24-26,35H,1-2,6-23H2,3H3/t24-,25+,26?,30-,31?/m0/s1. The number of hydrogen-bond donors (Lipinski definition) is 1. The van der Waals surface area contributed by atoms with Crippen molar-refractivity contribution >= 4 is 29.5 Å². The molecule has 5 atom stereocenters. The molecule has 1 spiro atoms. The minimum Gasteiger partial charge on any atom is -0.465 e. The molecule has 9 nitrogen and oxygen atoms in total. The Balaban J connectivity index is 1.57. The van der Waals surface area contributed by atoms with Gasteiger partial charge >= 0.3 is 5.97 Å². The van der Waals surface area contributed by atoms with Gasteiger partial charge in [-0.25, -0.2) is 0 Å². The minimum absolute atomic E-state index is 0.0497. The summed E-state index contributed by atoms with van der Waals surface area (Å²) < 4.78 is 10.2. The summed E-state index contributed by atoms with van der Waals surface area (Å²) in [5.74, 6) is -1.58. The van der Waals surface area contributed by atoms with E-state index in [2.05, 4.69) is 25.0 Å². The number of carbonyl (C=O) groups is 3. The normalized spacial score (nSPS) is 30.8. The van der Waals surface area contributed by atoms with Gasteiger partial charge in [0.1, 0.15) is 6.04 Å². The highest BCUT2D eigenvalue weighted by molar-refractivity contribution is 8.02. The monoisotopic (exact) mass is 591 g/mol. The molecule has 0 aromatic heterocycles. The van der Waals surface area contributed by atoms with Crippen molar-refractivity contribution in [3.8, 4) is 0 Å². The summed E-state index contributed by atoms with van der Waals surface area (Å²) in [4.78, 5) is 48.2. The Morgan fingerprint density at radius 2 is 1.90 bits per heavy atom. The number of ether oxygens (including phenoxy) is 2. The van der Waals surface area contributed by atoms with Crippen molar-refractivity contribution in [1.82, 2.24) is 14.7 Å². The van der Waals surface area contributed by atoms with Crippen LogP contribution in [0.3, 0.4) is 0 Å². The summed E-state index contributed by atoms with van der Waals surface area (Å²) in [7, 11) is 0. The maximum Gasteiger partial charge on any atom is 0.311 e. The summed E-state index contributed by atoms with van der Waals surface area (Å²) in [6.07, 6.45) is 9.78. The van der Waals surface area contributed by atoms with Crippen LogP contribution < -0.4 is 0 Å². The van der Waals surface area contributed by atoms with Crippen LogP contribution in [0.4, 0.5) is 0 Å². The molecule has 4 fully saturated rings. The lowest BCUT2D eigenvalue weighted by molar-refractivity contribution is -0.155. The van der Waals surface area contributed by atoms with Crippen molar-refractivity contribution in [2.24, 2.45) is 11.8 Å². The summed E-state index contributed by atoms with van der Waals surface area (Å²) in [5, 5.41) is 9.29. The van der Waals surface area contributed by atoms with Gasteiger partial charge in [-0.15, -0.1) is 24.9 Å². The second-order valence-electron chi connectivity index (χ2n) is 12.0. The van der Waals surface area contributed by atoms with Gasteiger partial charge in [0.05, 0.1) is 36.4 Å². The first-order valence-electron chi connectivity index (χ1n) is 15.4. The Kier molecular flexibility index (Phi) is 11.4. The zero-order valence-electron chi connectivity index (χ0n) is 24.8.